The molecule has 4 unspecified atom stereocenters. The number of rotatable bonds is 8. The number of hydrogen-bond acceptors (Lipinski definition) is 10. The highest BCUT2D eigenvalue weighted by Gasteiger charge is 2.50. The lowest BCUT2D eigenvalue weighted by molar-refractivity contribution is -0.285. The van der Waals surface area contributed by atoms with Crippen LogP contribution in [0.4, 0.5) is 0 Å². The lowest BCUT2D eigenvalue weighted by Crippen LogP contribution is -2.58. The van der Waals surface area contributed by atoms with Crippen LogP contribution in [0.2, 0.25) is 0 Å². The molecule has 7 N–H and O–H groups in total. The fraction of sp³-hybridized carbons (Fsp3) is 0.867. The summed E-state index contributed by atoms with van der Waals surface area (Å²) in [7, 11) is 0. The highest BCUT2D eigenvalue weighted by molar-refractivity contribution is 5.83. The van der Waals surface area contributed by atoms with Crippen LogP contribution in [0.1, 0.15) is 26.7 Å². The van der Waals surface area contributed by atoms with Crippen molar-refractivity contribution in [3.63, 3.8) is 0 Å². The Hall–Kier alpha value is -1.14. The fourth-order valence-corrected chi connectivity index (χ4v) is 2.80. The number of ketones is 1. The number of ether oxygens (including phenoxy) is 2. The molecule has 146 valence electrons. The summed E-state index contributed by atoms with van der Waals surface area (Å²) in [6.45, 7) is 1.44. The molecule has 1 heterocycles. The van der Waals surface area contributed by atoms with Crippen LogP contribution < -0.4 is 5.73 Å². The molecule has 0 aromatic carbocycles. The van der Waals surface area contributed by atoms with E-state index in [0.29, 0.717) is 0 Å². The third kappa shape index (κ3) is 5.68. The largest absolute Gasteiger partial charge is 0.462 e. The van der Waals surface area contributed by atoms with Gasteiger partial charge in [0.1, 0.15) is 12.6 Å². The van der Waals surface area contributed by atoms with Gasteiger partial charge in [-0.3, -0.25) is 9.59 Å². The van der Waals surface area contributed by atoms with Crippen LogP contribution in [-0.4, -0.2) is 86.7 Å². The highest BCUT2D eigenvalue weighted by atomic mass is 16.6. The van der Waals surface area contributed by atoms with Crippen molar-refractivity contribution in [3.8, 4) is 0 Å². The van der Waals surface area contributed by atoms with E-state index in [1.807, 2.05) is 0 Å². The molecular formula is C15H27NO9. The van der Waals surface area contributed by atoms with E-state index in [1.165, 1.54) is 6.92 Å². The second-order valence-electron chi connectivity index (χ2n) is 6.39. The van der Waals surface area contributed by atoms with Crippen LogP contribution in [0.5, 0.6) is 0 Å². The van der Waals surface area contributed by atoms with Gasteiger partial charge in [-0.05, 0) is 6.92 Å². The van der Waals surface area contributed by atoms with E-state index >= 15 is 0 Å². The Morgan fingerprint density at radius 1 is 1.40 bits per heavy atom. The molecule has 0 radical (unpaired) electrons. The van der Waals surface area contributed by atoms with Gasteiger partial charge in [-0.2, -0.15) is 0 Å². The van der Waals surface area contributed by atoms with Crippen LogP contribution in [0.15, 0.2) is 0 Å². The molecule has 0 bridgehead atoms. The normalized spacial score (nSPS) is 33.4. The molecule has 1 aliphatic heterocycles. The highest BCUT2D eigenvalue weighted by Crippen LogP contribution is 2.36. The van der Waals surface area contributed by atoms with Crippen LogP contribution in [0.25, 0.3) is 0 Å². The minimum absolute atomic E-state index is 0.218. The van der Waals surface area contributed by atoms with Gasteiger partial charge >= 0.3 is 5.97 Å². The van der Waals surface area contributed by atoms with Crippen LogP contribution in [0, 0.1) is 5.92 Å². The van der Waals surface area contributed by atoms with Crippen molar-refractivity contribution in [2.45, 2.75) is 62.9 Å². The minimum atomic E-state index is -2.22. The van der Waals surface area contributed by atoms with Crippen LogP contribution in [-0.2, 0) is 19.1 Å². The number of carbonyl (C=O) groups excluding carboxylic acids is 2. The first-order valence-electron chi connectivity index (χ1n) is 8.00. The number of aliphatic hydroxyl groups excluding tert-OH is 4. The molecule has 10 heteroatoms. The molecule has 0 saturated carbocycles. The zero-order chi connectivity index (χ0) is 19.4. The minimum Gasteiger partial charge on any atom is -0.462 e. The van der Waals surface area contributed by atoms with Gasteiger partial charge in [-0.25, -0.2) is 0 Å². The average molecular weight is 365 g/mol. The monoisotopic (exact) mass is 365 g/mol. The first kappa shape index (κ1) is 21.9. The van der Waals surface area contributed by atoms with Gasteiger partial charge in [0.05, 0.1) is 31.0 Å². The lowest BCUT2D eigenvalue weighted by atomic mass is 9.81. The maximum atomic E-state index is 11.6. The van der Waals surface area contributed by atoms with E-state index in [0.717, 1.165) is 6.92 Å². The zero-order valence-electron chi connectivity index (χ0n) is 14.2. The van der Waals surface area contributed by atoms with Crippen molar-refractivity contribution in [1.82, 2.24) is 0 Å². The summed E-state index contributed by atoms with van der Waals surface area (Å²) in [4.78, 5) is 23.0. The third-order valence-electron chi connectivity index (χ3n) is 4.23. The molecule has 25 heavy (non-hydrogen) atoms. The van der Waals surface area contributed by atoms with E-state index in [9.17, 15) is 30.0 Å². The maximum Gasteiger partial charge on any atom is 0.325 e. The molecular weight excluding hydrogens is 338 g/mol. The van der Waals surface area contributed by atoms with Crippen molar-refractivity contribution >= 4 is 11.8 Å². The number of Topliss-reactive ketones (excluding diaryl/α,β-unsaturated/α-hetero) is 1. The summed E-state index contributed by atoms with van der Waals surface area (Å²) in [5.41, 5.74) is 5.27. The second-order valence-corrected chi connectivity index (χ2v) is 6.39. The zero-order valence-corrected chi connectivity index (χ0v) is 14.2. The number of carbonyl (C=O) groups is 2. The third-order valence-corrected chi connectivity index (χ3v) is 4.23. The lowest BCUT2D eigenvalue weighted by Gasteiger charge is -2.44. The SMILES string of the molecule is CC(=O)C1(O)CC(O)C([C@@H](C)O)C(C[C@H](O)COC(=O)[C@@H](N)CO)O1. The summed E-state index contributed by atoms with van der Waals surface area (Å²) >= 11 is 0. The van der Waals surface area contributed by atoms with E-state index in [4.69, 9.17) is 20.3 Å². The Bertz CT molecular complexity index is 472. The average Bonchev–Trinajstić information content (AvgIpc) is 2.50. The summed E-state index contributed by atoms with van der Waals surface area (Å²) in [5.74, 6) is -4.69. The Labute approximate surface area is 145 Å². The van der Waals surface area contributed by atoms with Gasteiger partial charge in [-0.15, -0.1) is 0 Å². The van der Waals surface area contributed by atoms with E-state index in [1.54, 1.807) is 0 Å². The predicted molar refractivity (Wildman–Crippen MR) is 82.9 cm³/mol. The quantitative estimate of drug-likeness (QED) is 0.243. The fourth-order valence-electron chi connectivity index (χ4n) is 2.80. The molecule has 0 amide bonds. The molecule has 1 rings (SSSR count). The molecule has 0 aromatic heterocycles. The molecule has 0 spiro atoms. The van der Waals surface area contributed by atoms with E-state index < -0.39 is 73.5 Å². The molecule has 7 atom stereocenters. The van der Waals surface area contributed by atoms with Crippen molar-refractivity contribution in [1.29, 1.82) is 0 Å². The number of aliphatic hydroxyl groups is 5. The van der Waals surface area contributed by atoms with Gasteiger partial charge < -0.3 is 40.7 Å². The first-order valence-corrected chi connectivity index (χ1v) is 8.00. The molecule has 10 nitrogen and oxygen atoms in total. The Balaban J connectivity index is 2.76. The van der Waals surface area contributed by atoms with Crippen molar-refractivity contribution in [3.05, 3.63) is 0 Å². The van der Waals surface area contributed by atoms with Crippen LogP contribution in [0.3, 0.4) is 0 Å². The first-order chi connectivity index (χ1) is 11.5. The van der Waals surface area contributed by atoms with Crippen molar-refractivity contribution < 1.29 is 44.6 Å². The van der Waals surface area contributed by atoms with Gasteiger partial charge in [0, 0.05) is 25.7 Å². The molecule has 0 aromatic rings. The number of esters is 1. The van der Waals surface area contributed by atoms with Gasteiger partial charge in [0.25, 0.3) is 0 Å². The van der Waals surface area contributed by atoms with Crippen molar-refractivity contribution in [2.75, 3.05) is 13.2 Å². The Morgan fingerprint density at radius 2 is 2.00 bits per heavy atom. The molecule has 1 aliphatic rings. The maximum absolute atomic E-state index is 11.6. The Kier molecular flexibility index (Phi) is 7.88. The topological polar surface area (TPSA) is 180 Å². The number of nitrogens with two attached hydrogens (primary N) is 1. The van der Waals surface area contributed by atoms with Crippen molar-refractivity contribution in [2.24, 2.45) is 11.7 Å². The summed E-state index contributed by atoms with van der Waals surface area (Å²) in [6, 6.07) is -1.23. The van der Waals surface area contributed by atoms with E-state index in [-0.39, 0.29) is 6.42 Å². The molecule has 0 aliphatic carbocycles. The van der Waals surface area contributed by atoms with Gasteiger partial charge in [-0.1, -0.05) is 0 Å². The van der Waals surface area contributed by atoms with E-state index in [2.05, 4.69) is 0 Å². The second kappa shape index (κ2) is 8.99. The standard InChI is InChI=1S/C15H27NO9/c1-7(18)13-11(21)4-15(23,8(2)19)25-12(13)3-9(20)6-24-14(22)10(16)5-17/h7,9-13,17-18,20-21,23H,3-6,16H2,1-2H3/t7-,9+,10+,11?,12?,13?,15?/m1/s1. The number of hydrogen-bond donors (Lipinski definition) is 6. The van der Waals surface area contributed by atoms with Gasteiger partial charge in [0.2, 0.25) is 5.79 Å². The van der Waals surface area contributed by atoms with Gasteiger partial charge in [0.15, 0.2) is 5.78 Å². The summed E-state index contributed by atoms with van der Waals surface area (Å²) < 4.78 is 10.1. The van der Waals surface area contributed by atoms with Crippen LogP contribution >= 0.6 is 0 Å². The summed E-state index contributed by atoms with van der Waals surface area (Å²) in [5, 5.41) is 49.0. The Morgan fingerprint density at radius 3 is 2.48 bits per heavy atom. The smallest absolute Gasteiger partial charge is 0.325 e. The molecule has 1 fully saturated rings. The molecule has 1 saturated heterocycles. The summed E-state index contributed by atoms with van der Waals surface area (Å²) in [6.07, 6.45) is -5.20. The predicted octanol–water partition coefficient (Wildman–Crippen LogP) is -2.98.